The highest BCUT2D eigenvalue weighted by molar-refractivity contribution is 5.42. The van der Waals surface area contributed by atoms with E-state index in [4.69, 9.17) is 14.2 Å². The number of fused-ring (bicyclic) bond motifs is 2. The van der Waals surface area contributed by atoms with Gasteiger partial charge in [-0.15, -0.1) is 0 Å². The van der Waals surface area contributed by atoms with Crippen LogP contribution in [-0.4, -0.2) is 47.0 Å². The normalized spacial score (nSPS) is 34.6. The van der Waals surface area contributed by atoms with Crippen molar-refractivity contribution < 1.29 is 36.9 Å². The van der Waals surface area contributed by atoms with Crippen molar-refractivity contribution in [2.45, 2.75) is 56.2 Å². The number of aromatic nitrogens is 2. The SMILES string of the molecule is C[C@H]1C[C@@H](n2nc(C(F)(F)F)c3c2[C@@H](O)[C@@H](F)C32OCCO2)CCO1. The fourth-order valence-electron chi connectivity index (χ4n) is 3.96. The number of hydrogen-bond donors (Lipinski definition) is 1. The summed E-state index contributed by atoms with van der Waals surface area (Å²) in [6, 6.07) is -0.424. The Bertz CT molecular complexity index is 671. The number of aliphatic hydroxyl groups excluding tert-OH is 1. The quantitative estimate of drug-likeness (QED) is 0.772. The summed E-state index contributed by atoms with van der Waals surface area (Å²) in [4.78, 5) is 0. The minimum absolute atomic E-state index is 0.0522. The monoisotopic (exact) mass is 366 g/mol. The molecule has 1 spiro atoms. The first-order chi connectivity index (χ1) is 11.8. The molecule has 1 aromatic rings. The average Bonchev–Trinajstić information content (AvgIpc) is 3.22. The second-order valence-corrected chi connectivity index (χ2v) is 6.62. The third kappa shape index (κ3) is 2.42. The van der Waals surface area contributed by atoms with E-state index in [0.29, 0.717) is 19.4 Å². The molecule has 1 aromatic heterocycles. The summed E-state index contributed by atoms with van der Waals surface area (Å²) in [5.41, 5.74) is -2.00. The maximum absolute atomic E-state index is 14.8. The van der Waals surface area contributed by atoms with Crippen molar-refractivity contribution in [2.75, 3.05) is 19.8 Å². The Kier molecular flexibility index (Phi) is 3.87. The summed E-state index contributed by atoms with van der Waals surface area (Å²) in [5.74, 6) is -2.24. The van der Waals surface area contributed by atoms with Crippen LogP contribution in [0.3, 0.4) is 0 Å². The van der Waals surface area contributed by atoms with Gasteiger partial charge in [0.1, 0.15) is 6.10 Å². The summed E-state index contributed by atoms with van der Waals surface area (Å²) in [6.07, 6.45) is -8.08. The number of alkyl halides is 4. The fraction of sp³-hybridized carbons (Fsp3) is 0.800. The van der Waals surface area contributed by atoms with Crippen LogP contribution in [0.15, 0.2) is 0 Å². The predicted octanol–water partition coefficient (Wildman–Crippen LogP) is 2.23. The number of halogens is 4. The maximum atomic E-state index is 14.8. The number of hydrogen-bond acceptors (Lipinski definition) is 5. The van der Waals surface area contributed by atoms with Gasteiger partial charge in [0.05, 0.1) is 36.6 Å². The first-order valence-electron chi connectivity index (χ1n) is 8.17. The highest BCUT2D eigenvalue weighted by Crippen LogP contribution is 2.55. The summed E-state index contributed by atoms with van der Waals surface area (Å²) in [6.45, 7) is 2.06. The highest BCUT2D eigenvalue weighted by Gasteiger charge is 2.64. The van der Waals surface area contributed by atoms with Gasteiger partial charge in [0, 0.05) is 6.61 Å². The van der Waals surface area contributed by atoms with E-state index in [1.165, 1.54) is 0 Å². The van der Waals surface area contributed by atoms with Gasteiger partial charge in [-0.2, -0.15) is 18.3 Å². The molecule has 0 unspecified atom stereocenters. The first-order valence-corrected chi connectivity index (χ1v) is 8.17. The molecule has 2 fully saturated rings. The molecule has 2 aliphatic heterocycles. The van der Waals surface area contributed by atoms with Crippen molar-refractivity contribution in [1.29, 1.82) is 0 Å². The number of rotatable bonds is 1. The summed E-state index contributed by atoms with van der Waals surface area (Å²) < 4.78 is 72.5. The van der Waals surface area contributed by atoms with Crippen LogP contribution in [0.2, 0.25) is 0 Å². The summed E-state index contributed by atoms with van der Waals surface area (Å²) >= 11 is 0. The molecule has 4 rings (SSSR count). The Morgan fingerprint density at radius 1 is 1.24 bits per heavy atom. The van der Waals surface area contributed by atoms with Gasteiger partial charge in [-0.3, -0.25) is 4.68 Å². The van der Waals surface area contributed by atoms with Gasteiger partial charge in [-0.25, -0.2) is 4.39 Å². The topological polar surface area (TPSA) is 65.7 Å². The van der Waals surface area contributed by atoms with Gasteiger partial charge < -0.3 is 19.3 Å². The summed E-state index contributed by atoms with van der Waals surface area (Å²) in [5, 5.41) is 14.1. The molecule has 3 aliphatic rings. The molecule has 1 aliphatic carbocycles. The molecule has 25 heavy (non-hydrogen) atoms. The van der Waals surface area contributed by atoms with E-state index < -0.39 is 41.5 Å². The van der Waals surface area contributed by atoms with E-state index in [-0.39, 0.29) is 25.0 Å². The molecule has 1 N–H and O–H groups in total. The number of nitrogens with zero attached hydrogens (tertiary/aromatic N) is 2. The molecule has 0 aromatic carbocycles. The van der Waals surface area contributed by atoms with Crippen molar-refractivity contribution >= 4 is 0 Å². The fourth-order valence-corrected chi connectivity index (χ4v) is 3.96. The molecular formula is C15H18F4N2O4. The van der Waals surface area contributed by atoms with E-state index in [0.717, 1.165) is 4.68 Å². The van der Waals surface area contributed by atoms with Gasteiger partial charge in [-0.05, 0) is 19.8 Å². The highest BCUT2D eigenvalue weighted by atomic mass is 19.4. The van der Waals surface area contributed by atoms with Crippen LogP contribution in [0.1, 0.15) is 48.9 Å². The van der Waals surface area contributed by atoms with Crippen molar-refractivity contribution in [3.05, 3.63) is 17.0 Å². The molecule has 140 valence electrons. The lowest BCUT2D eigenvalue weighted by Crippen LogP contribution is -2.37. The smallest absolute Gasteiger partial charge is 0.383 e. The first kappa shape index (κ1) is 17.2. The van der Waals surface area contributed by atoms with Crippen LogP contribution in [0.25, 0.3) is 0 Å². The zero-order valence-electron chi connectivity index (χ0n) is 13.4. The number of aliphatic hydroxyl groups is 1. The largest absolute Gasteiger partial charge is 0.435 e. The molecule has 0 saturated carbocycles. The van der Waals surface area contributed by atoms with Gasteiger partial charge in [0.2, 0.25) is 5.79 Å². The van der Waals surface area contributed by atoms with Gasteiger partial charge >= 0.3 is 6.18 Å². The molecule has 6 nitrogen and oxygen atoms in total. The van der Waals surface area contributed by atoms with E-state index in [9.17, 15) is 22.7 Å². The van der Waals surface area contributed by atoms with Crippen LogP contribution in [0.4, 0.5) is 17.6 Å². The van der Waals surface area contributed by atoms with Gasteiger partial charge in [0.15, 0.2) is 11.9 Å². The Morgan fingerprint density at radius 2 is 1.92 bits per heavy atom. The van der Waals surface area contributed by atoms with Crippen molar-refractivity contribution in [3.8, 4) is 0 Å². The Hall–Kier alpha value is -1.23. The Labute approximate surface area is 140 Å². The lowest BCUT2D eigenvalue weighted by molar-refractivity contribution is -0.222. The zero-order valence-corrected chi connectivity index (χ0v) is 13.4. The third-order valence-corrected chi connectivity index (χ3v) is 5.00. The molecule has 2 saturated heterocycles. The average molecular weight is 366 g/mol. The summed E-state index contributed by atoms with van der Waals surface area (Å²) in [7, 11) is 0. The van der Waals surface area contributed by atoms with Crippen molar-refractivity contribution in [1.82, 2.24) is 9.78 Å². The minimum Gasteiger partial charge on any atom is -0.383 e. The van der Waals surface area contributed by atoms with Crippen LogP contribution in [0, 0.1) is 0 Å². The Morgan fingerprint density at radius 3 is 2.52 bits per heavy atom. The van der Waals surface area contributed by atoms with E-state index in [1.54, 1.807) is 6.92 Å². The minimum atomic E-state index is -4.82. The van der Waals surface area contributed by atoms with Gasteiger partial charge in [0.25, 0.3) is 0 Å². The van der Waals surface area contributed by atoms with Crippen LogP contribution in [-0.2, 0) is 26.2 Å². The van der Waals surface area contributed by atoms with E-state index in [2.05, 4.69) is 5.10 Å². The molecule has 4 atom stereocenters. The standard InChI is InChI=1S/C15H18F4N2O4/c1-7-6-8(2-3-23-7)21-10-9(13(20-21)15(17,18)19)14(12(16)11(10)22)24-4-5-25-14/h7-8,11-12,22H,2-6H2,1H3/t7-,8-,11+,12+/m0/s1. The van der Waals surface area contributed by atoms with Crippen LogP contribution < -0.4 is 0 Å². The van der Waals surface area contributed by atoms with Crippen molar-refractivity contribution in [3.63, 3.8) is 0 Å². The predicted molar refractivity (Wildman–Crippen MR) is 74.4 cm³/mol. The van der Waals surface area contributed by atoms with Crippen LogP contribution in [0.5, 0.6) is 0 Å². The maximum Gasteiger partial charge on any atom is 0.435 e. The lowest BCUT2D eigenvalue weighted by atomic mass is 10.0. The molecular weight excluding hydrogens is 348 g/mol. The van der Waals surface area contributed by atoms with E-state index in [1.807, 2.05) is 0 Å². The zero-order chi connectivity index (χ0) is 18.0. The number of ether oxygens (including phenoxy) is 3. The van der Waals surface area contributed by atoms with Crippen LogP contribution >= 0.6 is 0 Å². The lowest BCUT2D eigenvalue weighted by Gasteiger charge is -2.29. The molecule has 0 radical (unpaired) electrons. The van der Waals surface area contributed by atoms with Crippen molar-refractivity contribution in [2.24, 2.45) is 0 Å². The second kappa shape index (κ2) is 5.63. The third-order valence-electron chi connectivity index (χ3n) is 5.00. The second-order valence-electron chi connectivity index (χ2n) is 6.62. The Balaban J connectivity index is 1.89. The van der Waals surface area contributed by atoms with Gasteiger partial charge in [-0.1, -0.05) is 0 Å². The molecule has 0 bridgehead atoms. The molecule has 3 heterocycles. The molecule has 0 amide bonds. The molecule has 10 heteroatoms. The van der Waals surface area contributed by atoms with E-state index >= 15 is 0 Å².